The zero-order chi connectivity index (χ0) is 18.8. The molecule has 0 spiro atoms. The number of likely N-dealkylation sites (tertiary alicyclic amines) is 1. The van der Waals surface area contributed by atoms with E-state index in [1.165, 1.54) is 6.07 Å². The second-order valence-electron chi connectivity index (χ2n) is 6.99. The van der Waals surface area contributed by atoms with Crippen molar-refractivity contribution in [1.82, 2.24) is 10.2 Å². The third kappa shape index (κ3) is 5.57. The summed E-state index contributed by atoms with van der Waals surface area (Å²) in [5.41, 5.74) is -0.669. The topological polar surface area (TPSA) is 58.6 Å². The van der Waals surface area contributed by atoms with Crippen molar-refractivity contribution >= 4 is 39.5 Å². The van der Waals surface area contributed by atoms with Gasteiger partial charge >= 0.3 is 6.09 Å². The maximum absolute atomic E-state index is 14.0. The Labute approximate surface area is 160 Å². The molecule has 2 amide bonds. The normalized spacial score (nSPS) is 18.0. The first-order chi connectivity index (χ1) is 11.6. The van der Waals surface area contributed by atoms with E-state index in [9.17, 15) is 14.0 Å². The van der Waals surface area contributed by atoms with Crippen molar-refractivity contribution in [2.45, 2.75) is 45.3 Å². The number of benzene rings is 1. The maximum atomic E-state index is 14.0. The van der Waals surface area contributed by atoms with E-state index in [-0.39, 0.29) is 16.6 Å². The number of carbonyl (C=O) groups excluding carboxylic acids is 2. The maximum Gasteiger partial charge on any atom is 0.410 e. The molecule has 1 aliphatic heterocycles. The molecule has 1 aliphatic rings. The first-order valence-electron chi connectivity index (χ1n) is 8.00. The molecule has 8 heteroatoms. The lowest BCUT2D eigenvalue weighted by Gasteiger charge is -2.34. The number of amides is 2. The average Bonchev–Trinajstić information content (AvgIpc) is 2.49. The van der Waals surface area contributed by atoms with Crippen molar-refractivity contribution in [1.29, 1.82) is 0 Å². The number of piperidine rings is 1. The molecular weight excluding hydrogens is 415 g/mol. The van der Waals surface area contributed by atoms with Gasteiger partial charge in [0, 0.05) is 23.6 Å². The molecule has 1 saturated heterocycles. The van der Waals surface area contributed by atoms with Gasteiger partial charge < -0.3 is 15.0 Å². The van der Waals surface area contributed by atoms with E-state index >= 15 is 0 Å². The summed E-state index contributed by atoms with van der Waals surface area (Å²) in [6.45, 7) is 6.30. The number of nitrogens with zero attached hydrogens (tertiary/aromatic N) is 1. The lowest BCUT2D eigenvalue weighted by Crippen LogP contribution is -2.50. The molecule has 1 unspecified atom stereocenters. The van der Waals surface area contributed by atoms with Crippen molar-refractivity contribution in [3.63, 3.8) is 0 Å². The van der Waals surface area contributed by atoms with Crippen molar-refractivity contribution in [2.24, 2.45) is 0 Å². The molecule has 1 aromatic rings. The van der Waals surface area contributed by atoms with Gasteiger partial charge in [-0.25, -0.2) is 9.18 Å². The molecule has 1 aromatic carbocycles. The molecule has 138 valence electrons. The predicted octanol–water partition coefficient (Wildman–Crippen LogP) is 4.37. The van der Waals surface area contributed by atoms with Crippen molar-refractivity contribution < 1.29 is 18.7 Å². The Hall–Kier alpha value is -1.34. The highest BCUT2D eigenvalue weighted by Gasteiger charge is 2.29. The molecule has 25 heavy (non-hydrogen) atoms. The van der Waals surface area contributed by atoms with E-state index in [4.69, 9.17) is 16.3 Å². The Bertz CT molecular complexity index is 679. The van der Waals surface area contributed by atoms with E-state index in [2.05, 4.69) is 21.2 Å². The summed E-state index contributed by atoms with van der Waals surface area (Å²) in [6, 6.07) is 2.18. The summed E-state index contributed by atoms with van der Waals surface area (Å²) in [5, 5.41) is 2.98. The van der Waals surface area contributed by atoms with Crippen LogP contribution in [0.4, 0.5) is 9.18 Å². The van der Waals surface area contributed by atoms with Crippen LogP contribution < -0.4 is 5.32 Å². The Morgan fingerprint density at radius 1 is 1.40 bits per heavy atom. The number of nitrogens with one attached hydrogen (secondary N) is 1. The van der Waals surface area contributed by atoms with E-state index in [0.29, 0.717) is 24.0 Å². The minimum Gasteiger partial charge on any atom is -0.444 e. The van der Waals surface area contributed by atoms with Crippen molar-refractivity contribution in [3.05, 3.63) is 33.0 Å². The number of ether oxygens (including phenoxy) is 1. The SMILES string of the molecule is CC(C)(C)OC(=O)N1CCCC(NC(=O)c2cc(Br)c(Cl)cc2F)C1. The molecule has 5 nitrogen and oxygen atoms in total. The van der Waals surface area contributed by atoms with Crippen LogP contribution in [-0.2, 0) is 4.74 Å². The minimum absolute atomic E-state index is 0.0920. The second-order valence-corrected chi connectivity index (χ2v) is 8.25. The fraction of sp³-hybridized carbons (Fsp3) is 0.529. The molecule has 2 rings (SSSR count). The van der Waals surface area contributed by atoms with Gasteiger partial charge in [0.05, 0.1) is 10.6 Å². The van der Waals surface area contributed by atoms with Crippen LogP contribution in [0.25, 0.3) is 0 Å². The van der Waals surface area contributed by atoms with E-state index < -0.39 is 23.4 Å². The molecule has 0 saturated carbocycles. The van der Waals surface area contributed by atoms with Crippen LogP contribution in [-0.4, -0.2) is 41.6 Å². The number of rotatable bonds is 2. The van der Waals surface area contributed by atoms with Crippen LogP contribution in [0.2, 0.25) is 5.02 Å². The second kappa shape index (κ2) is 7.91. The summed E-state index contributed by atoms with van der Waals surface area (Å²) < 4.78 is 19.8. The fourth-order valence-electron chi connectivity index (χ4n) is 2.55. The summed E-state index contributed by atoms with van der Waals surface area (Å²) in [4.78, 5) is 26.1. The van der Waals surface area contributed by atoms with Crippen LogP contribution in [0.1, 0.15) is 44.0 Å². The third-order valence-electron chi connectivity index (χ3n) is 3.66. The molecule has 1 N–H and O–H groups in total. The van der Waals surface area contributed by atoms with Crippen LogP contribution in [0, 0.1) is 5.82 Å². The zero-order valence-corrected chi connectivity index (χ0v) is 16.7. The van der Waals surface area contributed by atoms with E-state index in [1.54, 1.807) is 25.7 Å². The Morgan fingerprint density at radius 2 is 2.08 bits per heavy atom. The molecule has 1 heterocycles. The van der Waals surface area contributed by atoms with E-state index in [0.717, 1.165) is 12.5 Å². The zero-order valence-electron chi connectivity index (χ0n) is 14.4. The first kappa shape index (κ1) is 20.0. The fourth-order valence-corrected chi connectivity index (χ4v) is 3.04. The molecular formula is C17H21BrClFN2O3. The molecule has 1 atom stereocenters. The number of halogens is 3. The van der Waals surface area contributed by atoms with Gasteiger partial charge in [-0.1, -0.05) is 11.6 Å². The van der Waals surface area contributed by atoms with Gasteiger partial charge in [-0.2, -0.15) is 0 Å². The highest BCUT2D eigenvalue weighted by molar-refractivity contribution is 9.10. The van der Waals surface area contributed by atoms with Gasteiger partial charge in [0.25, 0.3) is 5.91 Å². The number of hydrogen-bond acceptors (Lipinski definition) is 3. The van der Waals surface area contributed by atoms with Crippen LogP contribution in [0.15, 0.2) is 16.6 Å². The van der Waals surface area contributed by atoms with Gasteiger partial charge in [0.1, 0.15) is 11.4 Å². The van der Waals surface area contributed by atoms with Gasteiger partial charge in [0.15, 0.2) is 0 Å². The highest BCUT2D eigenvalue weighted by atomic mass is 79.9. The van der Waals surface area contributed by atoms with E-state index in [1.807, 2.05) is 0 Å². The molecule has 0 aromatic heterocycles. The quantitative estimate of drug-likeness (QED) is 0.702. The van der Waals surface area contributed by atoms with Crippen molar-refractivity contribution in [2.75, 3.05) is 13.1 Å². The Kier molecular flexibility index (Phi) is 6.32. The average molecular weight is 436 g/mol. The summed E-state index contributed by atoms with van der Waals surface area (Å²) in [7, 11) is 0. The van der Waals surface area contributed by atoms with Gasteiger partial charge in [-0.15, -0.1) is 0 Å². The standard InChI is InChI=1S/C17H21BrClFN2O3/c1-17(2,3)25-16(24)22-6-4-5-10(9-22)21-15(23)11-7-12(18)13(19)8-14(11)20/h7-8,10H,4-6,9H2,1-3H3,(H,21,23). The number of carbonyl (C=O) groups is 2. The summed E-state index contributed by atoms with van der Waals surface area (Å²) >= 11 is 8.99. The van der Waals surface area contributed by atoms with Gasteiger partial charge in [-0.05, 0) is 61.7 Å². The Morgan fingerprint density at radius 3 is 2.72 bits per heavy atom. The third-order valence-corrected chi connectivity index (χ3v) is 4.86. The summed E-state index contributed by atoms with van der Waals surface area (Å²) in [6.07, 6.45) is 1.03. The van der Waals surface area contributed by atoms with Crippen molar-refractivity contribution in [3.8, 4) is 0 Å². The molecule has 1 fully saturated rings. The lowest BCUT2D eigenvalue weighted by atomic mass is 10.1. The molecule has 0 bridgehead atoms. The van der Waals surface area contributed by atoms with Gasteiger partial charge in [0.2, 0.25) is 0 Å². The number of hydrogen-bond donors (Lipinski definition) is 1. The van der Waals surface area contributed by atoms with Gasteiger partial charge in [-0.3, -0.25) is 4.79 Å². The van der Waals surface area contributed by atoms with Crippen LogP contribution >= 0.6 is 27.5 Å². The smallest absolute Gasteiger partial charge is 0.410 e. The molecule has 0 aliphatic carbocycles. The monoisotopic (exact) mass is 434 g/mol. The predicted molar refractivity (Wildman–Crippen MR) is 97.4 cm³/mol. The minimum atomic E-state index is -0.689. The molecule has 0 radical (unpaired) electrons. The first-order valence-corrected chi connectivity index (χ1v) is 9.17. The lowest BCUT2D eigenvalue weighted by molar-refractivity contribution is 0.0185. The highest BCUT2D eigenvalue weighted by Crippen LogP contribution is 2.26. The van der Waals surface area contributed by atoms with Crippen LogP contribution in [0.3, 0.4) is 0 Å². The summed E-state index contributed by atoms with van der Waals surface area (Å²) in [5.74, 6) is -1.23. The largest absolute Gasteiger partial charge is 0.444 e. The van der Waals surface area contributed by atoms with Crippen LogP contribution in [0.5, 0.6) is 0 Å². The Balaban J connectivity index is 2.02.